The molecule has 1 unspecified atom stereocenters. The summed E-state index contributed by atoms with van der Waals surface area (Å²) in [4.78, 5) is 10.6. The number of methoxy groups -OCH3 is 1. The first-order valence-electron chi connectivity index (χ1n) is 6.29. The van der Waals surface area contributed by atoms with E-state index in [2.05, 4.69) is 18.3 Å². The molecule has 0 aromatic heterocycles. The molecule has 1 aromatic rings. The second-order valence-corrected chi connectivity index (χ2v) is 4.66. The van der Waals surface area contributed by atoms with E-state index in [0.717, 1.165) is 11.3 Å². The van der Waals surface area contributed by atoms with Crippen LogP contribution in [0.2, 0.25) is 0 Å². The van der Waals surface area contributed by atoms with Crippen molar-refractivity contribution in [1.29, 1.82) is 0 Å². The highest BCUT2D eigenvalue weighted by Crippen LogP contribution is 2.22. The Hall–Kier alpha value is -1.59. The van der Waals surface area contributed by atoms with Gasteiger partial charge in [0.1, 0.15) is 11.8 Å². The standard InChI is InChI=1S/C14H22N2O3/c1-9-6-11(13(19-3)7-10(9)2)8-16-5-4-12(15)14(17)18/h6-7,12,16H,4-5,8,15H2,1-3H3,(H,17,18). The van der Waals surface area contributed by atoms with Crippen molar-refractivity contribution < 1.29 is 14.6 Å². The molecule has 0 aliphatic carbocycles. The van der Waals surface area contributed by atoms with Gasteiger partial charge in [-0.3, -0.25) is 4.79 Å². The smallest absolute Gasteiger partial charge is 0.320 e. The molecule has 0 aliphatic heterocycles. The number of aryl methyl sites for hydroxylation is 2. The summed E-state index contributed by atoms with van der Waals surface area (Å²) in [6.07, 6.45) is 0.405. The van der Waals surface area contributed by atoms with Crippen molar-refractivity contribution in [1.82, 2.24) is 5.32 Å². The van der Waals surface area contributed by atoms with Gasteiger partial charge in [-0.15, -0.1) is 0 Å². The number of ether oxygens (including phenoxy) is 1. The zero-order chi connectivity index (χ0) is 14.4. The monoisotopic (exact) mass is 266 g/mol. The van der Waals surface area contributed by atoms with Crippen molar-refractivity contribution in [3.05, 3.63) is 28.8 Å². The molecule has 0 aliphatic rings. The lowest BCUT2D eigenvalue weighted by Crippen LogP contribution is -2.33. The van der Waals surface area contributed by atoms with Gasteiger partial charge in [0.05, 0.1) is 7.11 Å². The Morgan fingerprint density at radius 2 is 2.05 bits per heavy atom. The van der Waals surface area contributed by atoms with Gasteiger partial charge in [-0.05, 0) is 44.0 Å². The van der Waals surface area contributed by atoms with Gasteiger partial charge in [-0.1, -0.05) is 6.07 Å². The lowest BCUT2D eigenvalue weighted by atomic mass is 10.0. The summed E-state index contributed by atoms with van der Waals surface area (Å²) in [5, 5.41) is 11.9. The number of carbonyl (C=O) groups is 1. The number of hydrogen-bond acceptors (Lipinski definition) is 4. The van der Waals surface area contributed by atoms with E-state index in [4.69, 9.17) is 15.6 Å². The Morgan fingerprint density at radius 1 is 1.42 bits per heavy atom. The molecule has 19 heavy (non-hydrogen) atoms. The molecule has 0 fully saturated rings. The average Bonchev–Trinajstić information content (AvgIpc) is 2.37. The van der Waals surface area contributed by atoms with Crippen LogP contribution >= 0.6 is 0 Å². The quantitative estimate of drug-likeness (QED) is 0.646. The first-order chi connectivity index (χ1) is 8.95. The average molecular weight is 266 g/mol. The molecule has 0 saturated carbocycles. The predicted molar refractivity (Wildman–Crippen MR) is 74.4 cm³/mol. The van der Waals surface area contributed by atoms with Crippen LogP contribution in [0.15, 0.2) is 12.1 Å². The maximum Gasteiger partial charge on any atom is 0.320 e. The molecular weight excluding hydrogens is 244 g/mol. The third kappa shape index (κ3) is 4.54. The van der Waals surface area contributed by atoms with Gasteiger partial charge in [0, 0.05) is 12.1 Å². The molecule has 0 spiro atoms. The van der Waals surface area contributed by atoms with Gasteiger partial charge in [-0.25, -0.2) is 0 Å². The molecule has 0 saturated heterocycles. The molecule has 1 aromatic carbocycles. The Morgan fingerprint density at radius 3 is 2.63 bits per heavy atom. The largest absolute Gasteiger partial charge is 0.496 e. The Balaban J connectivity index is 2.53. The van der Waals surface area contributed by atoms with Crippen LogP contribution in [0, 0.1) is 13.8 Å². The van der Waals surface area contributed by atoms with E-state index >= 15 is 0 Å². The van der Waals surface area contributed by atoms with E-state index in [-0.39, 0.29) is 0 Å². The molecule has 5 heteroatoms. The highest BCUT2D eigenvalue weighted by molar-refractivity contribution is 5.72. The molecule has 0 amide bonds. The summed E-state index contributed by atoms with van der Waals surface area (Å²) in [7, 11) is 1.65. The number of rotatable bonds is 7. The van der Waals surface area contributed by atoms with Crippen LogP contribution in [0.5, 0.6) is 5.75 Å². The van der Waals surface area contributed by atoms with Crippen molar-refractivity contribution in [2.24, 2.45) is 5.73 Å². The summed E-state index contributed by atoms with van der Waals surface area (Å²) in [5.41, 5.74) is 8.89. The van der Waals surface area contributed by atoms with Crippen molar-refractivity contribution in [2.75, 3.05) is 13.7 Å². The van der Waals surface area contributed by atoms with E-state index in [9.17, 15) is 4.79 Å². The fourth-order valence-electron chi connectivity index (χ4n) is 1.78. The summed E-state index contributed by atoms with van der Waals surface area (Å²) in [5.74, 6) is -0.122. The second-order valence-electron chi connectivity index (χ2n) is 4.66. The van der Waals surface area contributed by atoms with Gasteiger partial charge in [-0.2, -0.15) is 0 Å². The Kier molecular flexibility index (Phi) is 5.79. The van der Waals surface area contributed by atoms with E-state index in [1.807, 2.05) is 13.0 Å². The van der Waals surface area contributed by atoms with Crippen LogP contribution in [-0.2, 0) is 11.3 Å². The Bertz CT molecular complexity index is 447. The third-order valence-electron chi connectivity index (χ3n) is 3.16. The lowest BCUT2D eigenvalue weighted by Gasteiger charge is -2.13. The highest BCUT2D eigenvalue weighted by Gasteiger charge is 2.10. The number of aliphatic carboxylic acids is 1. The fourth-order valence-corrected chi connectivity index (χ4v) is 1.78. The minimum absolute atomic E-state index is 0.405. The normalized spacial score (nSPS) is 12.2. The van der Waals surface area contributed by atoms with Crippen LogP contribution in [0.1, 0.15) is 23.1 Å². The van der Waals surface area contributed by atoms with Crippen molar-refractivity contribution in [2.45, 2.75) is 32.9 Å². The SMILES string of the molecule is COc1cc(C)c(C)cc1CNCCC(N)C(=O)O. The first-order valence-corrected chi connectivity index (χ1v) is 6.29. The third-order valence-corrected chi connectivity index (χ3v) is 3.16. The second kappa shape index (κ2) is 7.11. The Labute approximate surface area is 113 Å². The van der Waals surface area contributed by atoms with Gasteiger partial charge in [0.15, 0.2) is 0 Å². The van der Waals surface area contributed by atoms with Crippen LogP contribution in [-0.4, -0.2) is 30.8 Å². The molecular formula is C14H22N2O3. The number of benzene rings is 1. The van der Waals surface area contributed by atoms with Crippen molar-refractivity contribution in [3.63, 3.8) is 0 Å². The lowest BCUT2D eigenvalue weighted by molar-refractivity contribution is -0.138. The van der Waals surface area contributed by atoms with Gasteiger partial charge in [0.2, 0.25) is 0 Å². The van der Waals surface area contributed by atoms with Crippen LogP contribution in [0.3, 0.4) is 0 Å². The zero-order valence-electron chi connectivity index (χ0n) is 11.7. The van der Waals surface area contributed by atoms with E-state index < -0.39 is 12.0 Å². The van der Waals surface area contributed by atoms with Crippen LogP contribution in [0.25, 0.3) is 0 Å². The zero-order valence-corrected chi connectivity index (χ0v) is 11.7. The highest BCUT2D eigenvalue weighted by atomic mass is 16.5. The van der Waals surface area contributed by atoms with E-state index in [1.54, 1.807) is 7.11 Å². The number of hydrogen-bond donors (Lipinski definition) is 3. The molecule has 0 heterocycles. The van der Waals surface area contributed by atoms with E-state index in [1.165, 1.54) is 11.1 Å². The fraction of sp³-hybridized carbons (Fsp3) is 0.500. The first kappa shape index (κ1) is 15.5. The van der Waals surface area contributed by atoms with Crippen LogP contribution in [0.4, 0.5) is 0 Å². The van der Waals surface area contributed by atoms with Gasteiger partial charge in [0.25, 0.3) is 0 Å². The molecule has 5 nitrogen and oxygen atoms in total. The maximum absolute atomic E-state index is 10.6. The van der Waals surface area contributed by atoms with Crippen molar-refractivity contribution in [3.8, 4) is 5.75 Å². The summed E-state index contributed by atoms with van der Waals surface area (Å²) < 4.78 is 5.34. The number of nitrogens with one attached hydrogen (secondary N) is 1. The molecule has 106 valence electrons. The molecule has 1 atom stereocenters. The minimum atomic E-state index is -0.967. The predicted octanol–water partition coefficient (Wildman–Crippen LogP) is 1.20. The number of carboxylic acid groups (broad SMARTS) is 1. The van der Waals surface area contributed by atoms with Gasteiger partial charge < -0.3 is 20.9 Å². The molecule has 0 bridgehead atoms. The summed E-state index contributed by atoms with van der Waals surface area (Å²) in [6.45, 7) is 5.29. The summed E-state index contributed by atoms with van der Waals surface area (Å²) in [6, 6.07) is 3.28. The molecule has 0 radical (unpaired) electrons. The number of carboxylic acids is 1. The minimum Gasteiger partial charge on any atom is -0.496 e. The van der Waals surface area contributed by atoms with E-state index in [0.29, 0.717) is 19.5 Å². The van der Waals surface area contributed by atoms with Crippen LogP contribution < -0.4 is 15.8 Å². The maximum atomic E-state index is 10.6. The molecule has 4 N–H and O–H groups in total. The molecule has 1 rings (SSSR count). The number of nitrogens with two attached hydrogens (primary N) is 1. The van der Waals surface area contributed by atoms with Crippen molar-refractivity contribution >= 4 is 5.97 Å². The topological polar surface area (TPSA) is 84.6 Å². The summed E-state index contributed by atoms with van der Waals surface area (Å²) >= 11 is 0. The van der Waals surface area contributed by atoms with Gasteiger partial charge >= 0.3 is 5.97 Å².